The zero-order chi connectivity index (χ0) is 26.3. The van der Waals surface area contributed by atoms with Crippen LogP contribution in [0.2, 0.25) is 9.36 Å². The Labute approximate surface area is 224 Å². The molecule has 2 amide bonds. The molecule has 0 bridgehead atoms. The van der Waals surface area contributed by atoms with E-state index < -0.39 is 27.3 Å². The topological polar surface area (TPSA) is 142 Å². The summed E-state index contributed by atoms with van der Waals surface area (Å²) < 4.78 is 27.5. The molecule has 0 spiro atoms. The van der Waals surface area contributed by atoms with Crippen LogP contribution in [-0.4, -0.2) is 30.5 Å². The smallest absolute Gasteiger partial charge is 0.333 e. The first-order chi connectivity index (χ1) is 17.6. The number of amides is 2. The Morgan fingerprint density at radius 1 is 1.05 bits per heavy atom. The van der Waals surface area contributed by atoms with Crippen molar-refractivity contribution in [2.45, 2.75) is 17.1 Å². The van der Waals surface area contributed by atoms with Crippen molar-refractivity contribution in [3.8, 4) is 5.69 Å². The summed E-state index contributed by atoms with van der Waals surface area (Å²) in [5.74, 6) is 0.665. The highest BCUT2D eigenvalue weighted by atomic mass is 35.5. The highest BCUT2D eigenvalue weighted by Gasteiger charge is 2.22. The highest BCUT2D eigenvalue weighted by molar-refractivity contribution is 7.92. The number of fused-ring (bicyclic) bond motifs is 1. The predicted molar refractivity (Wildman–Crippen MR) is 145 cm³/mol. The zero-order valence-electron chi connectivity index (χ0n) is 18.9. The molecule has 14 heteroatoms. The minimum atomic E-state index is -4.12. The molecule has 2 aromatic carbocycles. The van der Waals surface area contributed by atoms with E-state index in [1.807, 2.05) is 4.72 Å². The van der Waals surface area contributed by atoms with Crippen LogP contribution in [0.1, 0.15) is 12.8 Å². The first-order valence-corrected chi connectivity index (χ1v) is 14.1. The van der Waals surface area contributed by atoms with Gasteiger partial charge in [0.05, 0.1) is 25.9 Å². The van der Waals surface area contributed by atoms with Crippen molar-refractivity contribution in [3.05, 3.63) is 78.7 Å². The number of thiophene rings is 1. The van der Waals surface area contributed by atoms with E-state index in [1.165, 1.54) is 43.2 Å². The second kappa shape index (κ2) is 9.86. The molecule has 0 aliphatic heterocycles. The van der Waals surface area contributed by atoms with Gasteiger partial charge in [0.15, 0.2) is 0 Å². The third-order valence-electron chi connectivity index (χ3n) is 5.68. The lowest BCUT2D eigenvalue weighted by Gasteiger charge is -2.12. The Balaban J connectivity index is 1.37. The summed E-state index contributed by atoms with van der Waals surface area (Å²) in [5, 5.41) is 5.95. The lowest BCUT2D eigenvalue weighted by atomic mass is 10.2. The van der Waals surface area contributed by atoms with Crippen LogP contribution in [0.25, 0.3) is 16.6 Å². The Morgan fingerprint density at radius 2 is 1.81 bits per heavy atom. The number of aromatic nitrogens is 2. The summed E-state index contributed by atoms with van der Waals surface area (Å²) in [4.78, 5) is 40.9. The van der Waals surface area contributed by atoms with Crippen LogP contribution < -0.4 is 26.6 Å². The van der Waals surface area contributed by atoms with E-state index in [-0.39, 0.29) is 24.9 Å². The van der Waals surface area contributed by atoms with Gasteiger partial charge >= 0.3 is 11.7 Å². The van der Waals surface area contributed by atoms with E-state index in [4.69, 9.17) is 23.2 Å². The number of anilines is 2. The van der Waals surface area contributed by atoms with Crippen molar-refractivity contribution >= 4 is 72.9 Å². The molecule has 2 aromatic heterocycles. The number of hydrogen-bond acceptors (Lipinski definition) is 7. The van der Waals surface area contributed by atoms with Gasteiger partial charge in [-0.1, -0.05) is 23.2 Å². The molecule has 1 saturated carbocycles. The van der Waals surface area contributed by atoms with Crippen molar-refractivity contribution in [2.24, 2.45) is 5.92 Å². The van der Waals surface area contributed by atoms with E-state index in [1.54, 1.807) is 18.2 Å². The number of hydrogen-bond donors (Lipinski definition) is 4. The number of nitrogens with one attached hydrogen (secondary N) is 4. The first-order valence-electron chi connectivity index (χ1n) is 11.0. The Bertz CT molecular complexity index is 1760. The van der Waals surface area contributed by atoms with Crippen LogP contribution >= 0.6 is 34.5 Å². The van der Waals surface area contributed by atoms with Crippen molar-refractivity contribution in [2.75, 3.05) is 17.2 Å². The number of halogens is 2. The summed E-state index contributed by atoms with van der Waals surface area (Å²) >= 11 is 12.9. The molecule has 192 valence electrons. The minimum Gasteiger partial charge on any atom is -0.385 e. The van der Waals surface area contributed by atoms with E-state index in [2.05, 4.69) is 15.6 Å². The largest absolute Gasteiger partial charge is 0.385 e. The summed E-state index contributed by atoms with van der Waals surface area (Å²) in [6, 6.07) is 10.8. The summed E-state index contributed by atoms with van der Waals surface area (Å²) in [7, 11) is -4.12. The average Bonchev–Trinajstić information content (AvgIpc) is 3.55. The molecular formula is C23H19Cl2N5O5S2. The van der Waals surface area contributed by atoms with Crippen molar-refractivity contribution in [1.29, 1.82) is 0 Å². The number of benzene rings is 2. The fourth-order valence-corrected chi connectivity index (χ4v) is 6.32. The number of aromatic amines is 1. The van der Waals surface area contributed by atoms with Gasteiger partial charge in [-0.2, -0.15) is 0 Å². The van der Waals surface area contributed by atoms with E-state index in [0.717, 1.165) is 28.1 Å². The number of carbonyl (C=O) groups excluding carboxylic acids is 1. The third kappa shape index (κ3) is 5.52. The quantitative estimate of drug-likeness (QED) is 0.256. The SMILES string of the molecule is O=C(Nc1ccc(-n2c(=O)[nH]c3cc(NCC4CC4)ccc3c2=O)c(Cl)c1)NS(=O)(=O)c1ccc(Cl)s1. The highest BCUT2D eigenvalue weighted by Crippen LogP contribution is 2.29. The number of rotatable bonds is 7. The molecule has 4 N–H and O–H groups in total. The Hall–Kier alpha value is -3.32. The molecular weight excluding hydrogens is 561 g/mol. The molecule has 1 aliphatic rings. The number of H-pyrrole nitrogens is 1. The molecule has 1 aliphatic carbocycles. The van der Waals surface area contributed by atoms with Crippen LogP contribution in [0.4, 0.5) is 16.2 Å². The third-order valence-corrected chi connectivity index (χ3v) is 9.03. The molecule has 0 radical (unpaired) electrons. The molecule has 10 nitrogen and oxygen atoms in total. The Kier molecular flexibility index (Phi) is 6.75. The maximum absolute atomic E-state index is 13.2. The zero-order valence-corrected chi connectivity index (χ0v) is 22.0. The fraction of sp³-hybridized carbons (Fsp3) is 0.174. The predicted octanol–water partition coefficient (Wildman–Crippen LogP) is 4.38. The van der Waals surface area contributed by atoms with E-state index in [9.17, 15) is 22.8 Å². The molecule has 2 heterocycles. The van der Waals surface area contributed by atoms with Crippen LogP contribution in [0, 0.1) is 5.92 Å². The number of sulfonamides is 1. The molecule has 5 rings (SSSR count). The molecule has 4 aromatic rings. The second-order valence-electron chi connectivity index (χ2n) is 8.44. The number of carbonyl (C=O) groups is 1. The average molecular weight is 580 g/mol. The van der Waals surface area contributed by atoms with Crippen LogP contribution in [0.5, 0.6) is 0 Å². The summed E-state index contributed by atoms with van der Waals surface area (Å²) in [5.41, 5.74) is 0.195. The lowest BCUT2D eigenvalue weighted by Crippen LogP contribution is -2.34. The van der Waals surface area contributed by atoms with Crippen LogP contribution in [-0.2, 0) is 10.0 Å². The normalized spacial score (nSPS) is 13.5. The maximum atomic E-state index is 13.2. The number of nitrogens with zero attached hydrogens (tertiary/aromatic N) is 1. The van der Waals surface area contributed by atoms with Crippen molar-refractivity contribution < 1.29 is 13.2 Å². The minimum absolute atomic E-state index is 0.0136. The summed E-state index contributed by atoms with van der Waals surface area (Å²) in [6.07, 6.45) is 2.40. The van der Waals surface area contributed by atoms with Crippen LogP contribution in [0.3, 0.4) is 0 Å². The second-order valence-corrected chi connectivity index (χ2v) is 12.5. The van der Waals surface area contributed by atoms with E-state index >= 15 is 0 Å². The number of urea groups is 1. The van der Waals surface area contributed by atoms with Crippen molar-refractivity contribution in [1.82, 2.24) is 14.3 Å². The van der Waals surface area contributed by atoms with Gasteiger partial charge < -0.3 is 15.6 Å². The van der Waals surface area contributed by atoms with Gasteiger partial charge in [-0.3, -0.25) is 4.79 Å². The van der Waals surface area contributed by atoms with Gasteiger partial charge in [-0.15, -0.1) is 11.3 Å². The molecule has 0 atom stereocenters. The van der Waals surface area contributed by atoms with Gasteiger partial charge in [0, 0.05) is 17.9 Å². The standard InChI is InChI=1S/C23H19Cl2N5O5S2/c24-16-9-14(27-22(32)29-37(34,35)20-8-7-19(25)36-20)4-6-18(16)30-21(31)15-5-3-13(26-11-12-1-2-12)10-17(15)28-23(30)33/h3-10,12,26H,1-2,11H2,(H,28,33)(H2,27,29,32). The fourth-order valence-electron chi connectivity index (χ4n) is 3.67. The lowest BCUT2D eigenvalue weighted by molar-refractivity contribution is 0.256. The van der Waals surface area contributed by atoms with Gasteiger partial charge in [0.2, 0.25) is 0 Å². The summed E-state index contributed by atoms with van der Waals surface area (Å²) in [6.45, 7) is 0.842. The van der Waals surface area contributed by atoms with E-state index in [0.29, 0.717) is 16.8 Å². The molecule has 37 heavy (non-hydrogen) atoms. The van der Waals surface area contributed by atoms with Gasteiger partial charge in [0.25, 0.3) is 15.6 Å². The van der Waals surface area contributed by atoms with Crippen LogP contribution in [0.15, 0.2) is 62.3 Å². The van der Waals surface area contributed by atoms with Crippen molar-refractivity contribution in [3.63, 3.8) is 0 Å². The molecule has 0 unspecified atom stereocenters. The first kappa shape index (κ1) is 25.3. The van der Waals surface area contributed by atoms with Gasteiger partial charge in [-0.05, 0) is 67.3 Å². The monoisotopic (exact) mass is 579 g/mol. The van der Waals surface area contributed by atoms with Gasteiger partial charge in [0.1, 0.15) is 4.21 Å². The maximum Gasteiger partial charge on any atom is 0.333 e. The molecule has 0 saturated heterocycles. The Morgan fingerprint density at radius 3 is 2.49 bits per heavy atom. The molecule has 1 fully saturated rings. The van der Waals surface area contributed by atoms with Gasteiger partial charge in [-0.25, -0.2) is 27.3 Å².